The number of nitrogens with two attached hydrogens (primary N) is 1. The molecule has 2 heteroatoms. The molecule has 1 aliphatic rings. The van der Waals surface area contributed by atoms with E-state index in [-0.39, 0.29) is 12.1 Å². The van der Waals surface area contributed by atoms with Crippen LogP contribution in [0.25, 0.3) is 0 Å². The first-order valence-electron chi connectivity index (χ1n) is 3.80. The maximum absolute atomic E-state index is 5.78. The van der Waals surface area contributed by atoms with E-state index in [0.29, 0.717) is 0 Å². The van der Waals surface area contributed by atoms with Crippen molar-refractivity contribution in [3.05, 3.63) is 11.8 Å². The molecule has 0 spiro atoms. The standard InChI is InChI=1S/C8H15NO/c1-3-7(9)8-4-6(2)5-10-8/h5,7-8H,3-4,9H2,1-2H3/t7-,8?/m1/s1. The number of hydrogen-bond donors (Lipinski definition) is 1. The smallest absolute Gasteiger partial charge is 0.117 e. The van der Waals surface area contributed by atoms with Crippen molar-refractivity contribution in [3.8, 4) is 0 Å². The van der Waals surface area contributed by atoms with E-state index in [9.17, 15) is 0 Å². The zero-order chi connectivity index (χ0) is 7.56. The Hall–Kier alpha value is -0.500. The third-order valence-corrected chi connectivity index (χ3v) is 1.92. The highest BCUT2D eigenvalue weighted by atomic mass is 16.5. The minimum atomic E-state index is 0.202. The molecule has 0 aliphatic carbocycles. The first kappa shape index (κ1) is 7.61. The van der Waals surface area contributed by atoms with Crippen molar-refractivity contribution in [2.24, 2.45) is 5.73 Å². The molecule has 0 aromatic rings. The van der Waals surface area contributed by atoms with E-state index in [0.717, 1.165) is 12.8 Å². The summed E-state index contributed by atoms with van der Waals surface area (Å²) in [5.74, 6) is 0. The van der Waals surface area contributed by atoms with E-state index in [1.54, 1.807) is 0 Å². The first-order chi connectivity index (χ1) is 4.74. The molecule has 1 aliphatic heterocycles. The highest BCUT2D eigenvalue weighted by Gasteiger charge is 2.21. The second kappa shape index (κ2) is 3.06. The minimum Gasteiger partial charge on any atom is -0.496 e. The summed E-state index contributed by atoms with van der Waals surface area (Å²) < 4.78 is 5.33. The van der Waals surface area contributed by atoms with Crippen molar-refractivity contribution < 1.29 is 4.74 Å². The molecular weight excluding hydrogens is 126 g/mol. The van der Waals surface area contributed by atoms with Crippen molar-refractivity contribution in [1.29, 1.82) is 0 Å². The van der Waals surface area contributed by atoms with Crippen LogP contribution in [0.3, 0.4) is 0 Å². The van der Waals surface area contributed by atoms with Crippen LogP contribution in [0.15, 0.2) is 11.8 Å². The zero-order valence-electron chi connectivity index (χ0n) is 6.63. The van der Waals surface area contributed by atoms with Gasteiger partial charge in [-0.2, -0.15) is 0 Å². The van der Waals surface area contributed by atoms with E-state index in [4.69, 9.17) is 10.5 Å². The Morgan fingerprint density at radius 3 is 3.00 bits per heavy atom. The summed E-state index contributed by atoms with van der Waals surface area (Å²) in [6, 6.07) is 0.202. The van der Waals surface area contributed by atoms with Gasteiger partial charge in [0.25, 0.3) is 0 Å². The molecule has 2 atom stereocenters. The van der Waals surface area contributed by atoms with Crippen molar-refractivity contribution >= 4 is 0 Å². The Morgan fingerprint density at radius 2 is 2.60 bits per heavy atom. The molecule has 0 fully saturated rings. The van der Waals surface area contributed by atoms with Gasteiger partial charge in [0.05, 0.1) is 6.26 Å². The van der Waals surface area contributed by atoms with Gasteiger partial charge in [-0.3, -0.25) is 0 Å². The van der Waals surface area contributed by atoms with Crippen LogP contribution in [0.1, 0.15) is 26.7 Å². The molecule has 0 amide bonds. The maximum atomic E-state index is 5.78. The van der Waals surface area contributed by atoms with Gasteiger partial charge in [-0.1, -0.05) is 6.92 Å². The van der Waals surface area contributed by atoms with Crippen molar-refractivity contribution in [3.63, 3.8) is 0 Å². The van der Waals surface area contributed by atoms with E-state index >= 15 is 0 Å². The second-order valence-corrected chi connectivity index (χ2v) is 2.91. The van der Waals surface area contributed by atoms with Gasteiger partial charge < -0.3 is 10.5 Å². The van der Waals surface area contributed by atoms with Crippen LogP contribution < -0.4 is 5.73 Å². The molecule has 1 unspecified atom stereocenters. The Kier molecular flexibility index (Phi) is 2.33. The van der Waals surface area contributed by atoms with E-state index in [2.05, 4.69) is 13.8 Å². The summed E-state index contributed by atoms with van der Waals surface area (Å²) in [7, 11) is 0. The summed E-state index contributed by atoms with van der Waals surface area (Å²) in [4.78, 5) is 0. The van der Waals surface area contributed by atoms with Gasteiger partial charge in [0.2, 0.25) is 0 Å². The second-order valence-electron chi connectivity index (χ2n) is 2.91. The number of rotatable bonds is 2. The first-order valence-corrected chi connectivity index (χ1v) is 3.80. The lowest BCUT2D eigenvalue weighted by molar-refractivity contribution is 0.140. The highest BCUT2D eigenvalue weighted by molar-refractivity contribution is 5.03. The third kappa shape index (κ3) is 1.51. The molecule has 0 saturated carbocycles. The van der Waals surface area contributed by atoms with Gasteiger partial charge >= 0.3 is 0 Å². The number of hydrogen-bond acceptors (Lipinski definition) is 2. The van der Waals surface area contributed by atoms with Gasteiger partial charge in [0.1, 0.15) is 6.10 Å². The van der Waals surface area contributed by atoms with Crippen LogP contribution in [0.2, 0.25) is 0 Å². The van der Waals surface area contributed by atoms with Crippen molar-refractivity contribution in [2.75, 3.05) is 0 Å². The largest absolute Gasteiger partial charge is 0.496 e. The fourth-order valence-corrected chi connectivity index (χ4v) is 1.13. The van der Waals surface area contributed by atoms with Crippen LogP contribution in [-0.2, 0) is 4.74 Å². The number of ether oxygens (including phenoxy) is 1. The molecular formula is C8H15NO. The topological polar surface area (TPSA) is 35.2 Å². The van der Waals surface area contributed by atoms with Crippen LogP contribution in [0.4, 0.5) is 0 Å². The normalized spacial score (nSPS) is 27.5. The molecule has 0 saturated heterocycles. The van der Waals surface area contributed by atoms with Crippen LogP contribution in [0.5, 0.6) is 0 Å². The van der Waals surface area contributed by atoms with E-state index in [1.165, 1.54) is 5.57 Å². The average molecular weight is 141 g/mol. The van der Waals surface area contributed by atoms with Crippen molar-refractivity contribution in [1.82, 2.24) is 0 Å². The highest BCUT2D eigenvalue weighted by Crippen LogP contribution is 2.19. The van der Waals surface area contributed by atoms with Gasteiger partial charge in [-0.05, 0) is 18.9 Å². The lowest BCUT2D eigenvalue weighted by atomic mass is 10.0. The predicted octanol–water partition coefficient (Wildman–Crippen LogP) is 1.42. The SMILES string of the molecule is CC[C@@H](N)C1CC(C)=CO1. The molecule has 1 rings (SSSR count). The molecule has 1 heterocycles. The third-order valence-electron chi connectivity index (χ3n) is 1.92. The predicted molar refractivity (Wildman–Crippen MR) is 41.5 cm³/mol. The Labute approximate surface area is 62.1 Å². The molecule has 0 aromatic carbocycles. The molecule has 2 N–H and O–H groups in total. The Bertz CT molecular complexity index is 142. The average Bonchev–Trinajstić information content (AvgIpc) is 2.34. The molecule has 0 aromatic heterocycles. The molecule has 2 nitrogen and oxygen atoms in total. The molecule has 10 heavy (non-hydrogen) atoms. The lowest BCUT2D eigenvalue weighted by Gasteiger charge is -2.16. The lowest BCUT2D eigenvalue weighted by Crippen LogP contribution is -2.33. The summed E-state index contributed by atoms with van der Waals surface area (Å²) in [6.45, 7) is 4.16. The van der Waals surface area contributed by atoms with Crippen LogP contribution in [-0.4, -0.2) is 12.1 Å². The Balaban J connectivity index is 2.34. The van der Waals surface area contributed by atoms with Gasteiger partial charge in [0, 0.05) is 12.5 Å². The minimum absolute atomic E-state index is 0.202. The zero-order valence-corrected chi connectivity index (χ0v) is 6.63. The summed E-state index contributed by atoms with van der Waals surface area (Å²) in [5.41, 5.74) is 7.08. The van der Waals surface area contributed by atoms with Gasteiger partial charge in [-0.15, -0.1) is 0 Å². The maximum Gasteiger partial charge on any atom is 0.117 e. The van der Waals surface area contributed by atoms with E-state index < -0.39 is 0 Å². The summed E-state index contributed by atoms with van der Waals surface area (Å²) in [5, 5.41) is 0. The quantitative estimate of drug-likeness (QED) is 0.631. The van der Waals surface area contributed by atoms with Crippen molar-refractivity contribution in [2.45, 2.75) is 38.8 Å². The fraction of sp³-hybridized carbons (Fsp3) is 0.750. The Morgan fingerprint density at radius 1 is 1.90 bits per heavy atom. The molecule has 0 radical (unpaired) electrons. The van der Waals surface area contributed by atoms with Gasteiger partial charge in [0.15, 0.2) is 0 Å². The monoisotopic (exact) mass is 141 g/mol. The summed E-state index contributed by atoms with van der Waals surface area (Å²) in [6.07, 6.45) is 4.06. The van der Waals surface area contributed by atoms with E-state index in [1.807, 2.05) is 6.26 Å². The van der Waals surface area contributed by atoms with Crippen LogP contribution in [0, 0.1) is 0 Å². The summed E-state index contributed by atoms with van der Waals surface area (Å²) >= 11 is 0. The molecule has 58 valence electrons. The van der Waals surface area contributed by atoms with Gasteiger partial charge in [-0.25, -0.2) is 0 Å². The van der Waals surface area contributed by atoms with Crippen LogP contribution >= 0.6 is 0 Å². The molecule has 0 bridgehead atoms. The fourth-order valence-electron chi connectivity index (χ4n) is 1.13.